The number of carbonyl (C=O) groups is 2. The van der Waals surface area contributed by atoms with Gasteiger partial charge in [-0.15, -0.1) is 0 Å². The summed E-state index contributed by atoms with van der Waals surface area (Å²) in [6.07, 6.45) is 0.322. The second-order valence-electron chi connectivity index (χ2n) is 4.97. The highest BCUT2D eigenvalue weighted by molar-refractivity contribution is 5.96. The number of nitriles is 1. The largest absolute Gasteiger partial charge is 0.452 e. The standard InChI is InChI=1S/C18H16N2O3/c1-13-4-2-3-5-16(13)18(22)23-12-17(21)20-15-8-6-14(7-9-15)10-11-19/h2-9H,10,12H2,1H3,(H,20,21). The first kappa shape index (κ1) is 16.2. The highest BCUT2D eigenvalue weighted by Crippen LogP contribution is 2.11. The second kappa shape index (κ2) is 7.76. The summed E-state index contributed by atoms with van der Waals surface area (Å²) in [7, 11) is 0. The van der Waals surface area contributed by atoms with Crippen LogP contribution in [0.5, 0.6) is 0 Å². The van der Waals surface area contributed by atoms with Gasteiger partial charge in [-0.1, -0.05) is 30.3 Å². The topological polar surface area (TPSA) is 79.2 Å². The Hall–Kier alpha value is -3.13. The van der Waals surface area contributed by atoms with E-state index in [1.165, 1.54) is 0 Å². The molecule has 0 bridgehead atoms. The number of ether oxygens (including phenoxy) is 1. The van der Waals surface area contributed by atoms with Crippen LogP contribution in [-0.2, 0) is 16.0 Å². The van der Waals surface area contributed by atoms with Crippen LogP contribution in [0.15, 0.2) is 48.5 Å². The van der Waals surface area contributed by atoms with Crippen molar-refractivity contribution >= 4 is 17.6 Å². The minimum atomic E-state index is -0.525. The third-order valence-corrected chi connectivity index (χ3v) is 3.22. The van der Waals surface area contributed by atoms with Crippen molar-refractivity contribution in [1.29, 1.82) is 5.26 Å². The van der Waals surface area contributed by atoms with Crippen LogP contribution in [0.4, 0.5) is 5.69 Å². The summed E-state index contributed by atoms with van der Waals surface area (Å²) in [5.41, 5.74) is 2.70. The van der Waals surface area contributed by atoms with Gasteiger partial charge in [-0.2, -0.15) is 5.26 Å². The van der Waals surface area contributed by atoms with E-state index in [9.17, 15) is 9.59 Å². The molecule has 5 nitrogen and oxygen atoms in total. The van der Waals surface area contributed by atoms with Crippen LogP contribution in [0.3, 0.4) is 0 Å². The summed E-state index contributed by atoms with van der Waals surface area (Å²) < 4.78 is 5.01. The Bertz CT molecular complexity index is 746. The molecule has 2 aromatic carbocycles. The molecule has 0 aliphatic carbocycles. The van der Waals surface area contributed by atoms with Crippen molar-refractivity contribution in [1.82, 2.24) is 0 Å². The summed E-state index contributed by atoms with van der Waals surface area (Å²) in [6, 6.07) is 16.0. The average Bonchev–Trinajstić information content (AvgIpc) is 2.55. The van der Waals surface area contributed by atoms with Crippen molar-refractivity contribution in [2.24, 2.45) is 0 Å². The molecule has 23 heavy (non-hydrogen) atoms. The lowest BCUT2D eigenvalue weighted by atomic mass is 10.1. The molecular formula is C18H16N2O3. The van der Waals surface area contributed by atoms with E-state index in [1.807, 2.05) is 6.07 Å². The highest BCUT2D eigenvalue weighted by Gasteiger charge is 2.12. The van der Waals surface area contributed by atoms with Crippen LogP contribution in [0, 0.1) is 18.3 Å². The van der Waals surface area contributed by atoms with Crippen molar-refractivity contribution < 1.29 is 14.3 Å². The normalized spacial score (nSPS) is 9.74. The number of hydrogen-bond acceptors (Lipinski definition) is 4. The Morgan fingerprint density at radius 1 is 1.13 bits per heavy atom. The van der Waals surface area contributed by atoms with Crippen LogP contribution in [0.2, 0.25) is 0 Å². The third kappa shape index (κ3) is 4.68. The van der Waals surface area contributed by atoms with E-state index in [-0.39, 0.29) is 6.61 Å². The molecule has 1 N–H and O–H groups in total. The van der Waals surface area contributed by atoms with E-state index >= 15 is 0 Å². The number of hydrogen-bond donors (Lipinski definition) is 1. The molecule has 0 saturated heterocycles. The van der Waals surface area contributed by atoms with Gasteiger partial charge in [0.15, 0.2) is 6.61 Å². The number of nitrogens with zero attached hydrogens (tertiary/aromatic N) is 1. The smallest absolute Gasteiger partial charge is 0.338 e. The van der Waals surface area contributed by atoms with E-state index in [0.29, 0.717) is 17.7 Å². The zero-order valence-electron chi connectivity index (χ0n) is 12.7. The Balaban J connectivity index is 1.87. The molecule has 0 aliphatic heterocycles. The van der Waals surface area contributed by atoms with Gasteiger partial charge in [-0.05, 0) is 36.2 Å². The van der Waals surface area contributed by atoms with Gasteiger partial charge in [0.2, 0.25) is 0 Å². The SMILES string of the molecule is Cc1ccccc1C(=O)OCC(=O)Nc1ccc(CC#N)cc1. The van der Waals surface area contributed by atoms with Gasteiger partial charge in [-0.25, -0.2) is 4.79 Å². The molecule has 0 radical (unpaired) electrons. The number of esters is 1. The first-order chi connectivity index (χ1) is 11.1. The molecule has 0 atom stereocenters. The Morgan fingerprint density at radius 3 is 2.48 bits per heavy atom. The molecule has 0 saturated carbocycles. The summed E-state index contributed by atoms with van der Waals surface area (Å²) in [6.45, 7) is 1.45. The fourth-order valence-electron chi connectivity index (χ4n) is 2.01. The van der Waals surface area contributed by atoms with Crippen molar-refractivity contribution in [2.45, 2.75) is 13.3 Å². The molecule has 0 aromatic heterocycles. The highest BCUT2D eigenvalue weighted by atomic mass is 16.5. The van der Waals surface area contributed by atoms with E-state index in [4.69, 9.17) is 10.00 Å². The van der Waals surface area contributed by atoms with E-state index in [1.54, 1.807) is 49.4 Å². The molecule has 0 fully saturated rings. The van der Waals surface area contributed by atoms with Gasteiger partial charge in [-0.3, -0.25) is 4.79 Å². The predicted molar refractivity (Wildman–Crippen MR) is 85.9 cm³/mol. The van der Waals surface area contributed by atoms with Gasteiger partial charge in [0.1, 0.15) is 0 Å². The molecule has 1 amide bonds. The second-order valence-corrected chi connectivity index (χ2v) is 4.97. The van der Waals surface area contributed by atoms with Crippen LogP contribution >= 0.6 is 0 Å². The van der Waals surface area contributed by atoms with E-state index < -0.39 is 11.9 Å². The van der Waals surface area contributed by atoms with Gasteiger partial charge in [0, 0.05) is 5.69 Å². The lowest BCUT2D eigenvalue weighted by Crippen LogP contribution is -2.21. The fraction of sp³-hybridized carbons (Fsp3) is 0.167. The lowest BCUT2D eigenvalue weighted by Gasteiger charge is -2.08. The van der Waals surface area contributed by atoms with E-state index in [0.717, 1.165) is 11.1 Å². The molecule has 2 aromatic rings. The Labute approximate surface area is 134 Å². The van der Waals surface area contributed by atoms with Crippen LogP contribution in [0.25, 0.3) is 0 Å². The van der Waals surface area contributed by atoms with Gasteiger partial charge < -0.3 is 10.1 Å². The van der Waals surface area contributed by atoms with Crippen molar-refractivity contribution in [3.8, 4) is 6.07 Å². The minimum absolute atomic E-state index is 0.322. The Kier molecular flexibility index (Phi) is 5.48. The average molecular weight is 308 g/mol. The zero-order valence-corrected chi connectivity index (χ0v) is 12.7. The molecular weight excluding hydrogens is 292 g/mol. The molecule has 0 heterocycles. The van der Waals surface area contributed by atoms with Gasteiger partial charge >= 0.3 is 5.97 Å². The van der Waals surface area contributed by atoms with Gasteiger partial charge in [0.25, 0.3) is 5.91 Å². The minimum Gasteiger partial charge on any atom is -0.452 e. The molecule has 0 unspecified atom stereocenters. The number of benzene rings is 2. The maximum Gasteiger partial charge on any atom is 0.338 e. The quantitative estimate of drug-likeness (QED) is 0.861. The summed E-state index contributed by atoms with van der Waals surface area (Å²) >= 11 is 0. The summed E-state index contributed by atoms with van der Waals surface area (Å²) in [5, 5.41) is 11.2. The van der Waals surface area contributed by atoms with Crippen LogP contribution in [-0.4, -0.2) is 18.5 Å². The first-order valence-electron chi connectivity index (χ1n) is 7.08. The number of anilines is 1. The van der Waals surface area contributed by atoms with E-state index in [2.05, 4.69) is 11.4 Å². The molecule has 5 heteroatoms. The number of carbonyl (C=O) groups excluding carboxylic acids is 2. The Morgan fingerprint density at radius 2 is 1.83 bits per heavy atom. The predicted octanol–water partition coefficient (Wildman–Crippen LogP) is 2.86. The monoisotopic (exact) mass is 308 g/mol. The van der Waals surface area contributed by atoms with Crippen LogP contribution < -0.4 is 5.32 Å². The molecule has 116 valence electrons. The molecule has 0 spiro atoms. The zero-order chi connectivity index (χ0) is 16.7. The number of aryl methyl sites for hydroxylation is 1. The number of rotatable bonds is 5. The summed E-state index contributed by atoms with van der Waals surface area (Å²) in [4.78, 5) is 23.7. The van der Waals surface area contributed by atoms with Crippen molar-refractivity contribution in [2.75, 3.05) is 11.9 Å². The maximum absolute atomic E-state index is 11.9. The third-order valence-electron chi connectivity index (χ3n) is 3.22. The van der Waals surface area contributed by atoms with Gasteiger partial charge in [0.05, 0.1) is 18.1 Å². The van der Waals surface area contributed by atoms with Crippen molar-refractivity contribution in [3.05, 3.63) is 65.2 Å². The first-order valence-corrected chi connectivity index (χ1v) is 7.08. The number of amides is 1. The fourth-order valence-corrected chi connectivity index (χ4v) is 2.01. The van der Waals surface area contributed by atoms with Crippen LogP contribution in [0.1, 0.15) is 21.5 Å². The lowest BCUT2D eigenvalue weighted by molar-refractivity contribution is -0.119. The number of nitrogens with one attached hydrogen (secondary N) is 1. The molecule has 0 aliphatic rings. The summed E-state index contributed by atoms with van der Waals surface area (Å²) in [5.74, 6) is -0.942. The maximum atomic E-state index is 11.9. The van der Waals surface area contributed by atoms with Crippen molar-refractivity contribution in [3.63, 3.8) is 0 Å². The molecule has 2 rings (SSSR count).